The summed E-state index contributed by atoms with van der Waals surface area (Å²) in [5, 5.41) is 8.80. The van der Waals surface area contributed by atoms with E-state index in [4.69, 9.17) is 5.11 Å². The number of aryl methyl sites for hydroxylation is 1. The van der Waals surface area contributed by atoms with Crippen molar-refractivity contribution < 1.29 is 31.7 Å². The molecule has 0 radical (unpaired) electrons. The van der Waals surface area contributed by atoms with E-state index >= 15 is 0 Å². The number of carboxylic acid groups (broad SMARTS) is 1. The molecule has 0 atom stereocenters. The third-order valence-electron chi connectivity index (χ3n) is 2.04. The molecule has 0 saturated heterocycles. The van der Waals surface area contributed by atoms with Gasteiger partial charge in [0.15, 0.2) is 0 Å². The number of carbonyl (C=O) groups is 1. The second-order valence-electron chi connectivity index (χ2n) is 3.22. The van der Waals surface area contributed by atoms with Crippen molar-refractivity contribution in [3.63, 3.8) is 0 Å². The molecule has 1 N–H and O–H groups in total. The first-order chi connectivity index (χ1) is 7.57. The molecule has 9 heteroatoms. The van der Waals surface area contributed by atoms with Gasteiger partial charge in [-0.1, -0.05) is 0 Å². The number of rotatable bonds is 2. The average Bonchev–Trinajstić information content (AvgIpc) is 2.40. The van der Waals surface area contributed by atoms with E-state index in [1.54, 1.807) is 10.8 Å². The van der Waals surface area contributed by atoms with Gasteiger partial charge in [0, 0.05) is 6.92 Å². The third kappa shape index (κ3) is 5.37. The van der Waals surface area contributed by atoms with Crippen LogP contribution in [0.1, 0.15) is 23.2 Å². The molecule has 1 rings (SSSR count). The Morgan fingerprint density at radius 1 is 1.47 bits per heavy atom. The van der Waals surface area contributed by atoms with Gasteiger partial charge in [0.2, 0.25) is 0 Å². The van der Waals surface area contributed by atoms with E-state index in [-0.39, 0.29) is 0 Å². The van der Waals surface area contributed by atoms with Crippen molar-refractivity contribution >= 4 is 13.2 Å². The SMILES string of the molecule is CCn1c(C(=O)O)c[n+](C)c1C.F[B-](F)(F)F. The zero-order chi connectivity index (χ0) is 13.8. The molecule has 0 fully saturated rings. The quantitative estimate of drug-likeness (QED) is 0.496. The lowest BCUT2D eigenvalue weighted by Crippen LogP contribution is -2.29. The molecule has 0 aliphatic heterocycles. The lowest BCUT2D eigenvalue weighted by Gasteiger charge is -1.94. The Morgan fingerprint density at radius 2 is 1.88 bits per heavy atom. The molecular formula is C8H13BF4N2O2. The first-order valence-electron chi connectivity index (χ1n) is 4.74. The lowest BCUT2D eigenvalue weighted by atomic mass is 10.3. The maximum absolute atomic E-state index is 10.7. The van der Waals surface area contributed by atoms with E-state index in [0.29, 0.717) is 12.2 Å². The Balaban J connectivity index is 0.000000437. The van der Waals surface area contributed by atoms with E-state index in [1.165, 1.54) is 0 Å². The summed E-state index contributed by atoms with van der Waals surface area (Å²) in [5.41, 5.74) is 0.345. The molecule has 98 valence electrons. The summed E-state index contributed by atoms with van der Waals surface area (Å²) in [6.45, 7) is 4.52. The van der Waals surface area contributed by atoms with Crippen molar-refractivity contribution in [1.82, 2.24) is 4.57 Å². The summed E-state index contributed by atoms with van der Waals surface area (Å²) >= 11 is 0. The van der Waals surface area contributed by atoms with Gasteiger partial charge in [-0.15, -0.1) is 0 Å². The Morgan fingerprint density at radius 3 is 2.12 bits per heavy atom. The Hall–Kier alpha value is -1.54. The second kappa shape index (κ2) is 5.69. The van der Waals surface area contributed by atoms with Crippen LogP contribution in [-0.2, 0) is 13.6 Å². The normalized spacial score (nSPS) is 10.8. The topological polar surface area (TPSA) is 46.1 Å². The van der Waals surface area contributed by atoms with Crippen molar-refractivity contribution in [2.24, 2.45) is 7.05 Å². The van der Waals surface area contributed by atoms with Crippen molar-refractivity contribution in [1.29, 1.82) is 0 Å². The van der Waals surface area contributed by atoms with E-state index < -0.39 is 13.2 Å². The van der Waals surface area contributed by atoms with E-state index in [9.17, 15) is 22.1 Å². The van der Waals surface area contributed by atoms with Crippen molar-refractivity contribution in [2.75, 3.05) is 0 Å². The molecule has 1 heterocycles. The minimum atomic E-state index is -6.00. The molecule has 0 bridgehead atoms. The van der Waals surface area contributed by atoms with Crippen LogP contribution in [0, 0.1) is 6.92 Å². The maximum Gasteiger partial charge on any atom is 0.673 e. The number of carboxylic acids is 1. The Labute approximate surface area is 95.6 Å². The van der Waals surface area contributed by atoms with E-state index in [2.05, 4.69) is 0 Å². The van der Waals surface area contributed by atoms with Gasteiger partial charge in [0.1, 0.15) is 6.20 Å². The zero-order valence-corrected chi connectivity index (χ0v) is 9.62. The molecule has 4 nitrogen and oxygen atoms in total. The number of hydrogen-bond acceptors (Lipinski definition) is 1. The van der Waals surface area contributed by atoms with Crippen LogP contribution in [-0.4, -0.2) is 22.9 Å². The van der Waals surface area contributed by atoms with E-state index in [0.717, 1.165) is 5.82 Å². The fraction of sp³-hybridized carbons (Fsp3) is 0.500. The van der Waals surface area contributed by atoms with Gasteiger partial charge in [-0.25, -0.2) is 13.9 Å². The predicted octanol–water partition coefficient (Wildman–Crippen LogP) is 1.64. The van der Waals surface area contributed by atoms with Crippen LogP contribution >= 0.6 is 0 Å². The number of imidazole rings is 1. The van der Waals surface area contributed by atoms with Crippen LogP contribution in [0.15, 0.2) is 6.20 Å². The van der Waals surface area contributed by atoms with Gasteiger partial charge in [0.25, 0.3) is 11.5 Å². The summed E-state index contributed by atoms with van der Waals surface area (Å²) < 4.78 is 42.6. The average molecular weight is 256 g/mol. The summed E-state index contributed by atoms with van der Waals surface area (Å²) in [6, 6.07) is 0. The van der Waals surface area contributed by atoms with Gasteiger partial charge >= 0.3 is 13.2 Å². The first kappa shape index (κ1) is 15.5. The fourth-order valence-corrected chi connectivity index (χ4v) is 1.28. The minimum Gasteiger partial charge on any atom is -0.475 e. The van der Waals surface area contributed by atoms with Gasteiger partial charge in [-0.3, -0.25) is 0 Å². The Kier molecular flexibility index (Phi) is 5.18. The standard InChI is InChI=1S/C8H12N2O2.BF4/c1-4-10-6(2)9(3)5-7(10)8(11)12;2-1(3,4)5/h5H,4H2,1-3H3;/q;-1/p+1. The number of aromatic carboxylic acids is 1. The van der Waals surface area contributed by atoms with Crippen LogP contribution in [0.3, 0.4) is 0 Å². The largest absolute Gasteiger partial charge is 0.673 e. The van der Waals surface area contributed by atoms with Gasteiger partial charge in [-0.2, -0.15) is 0 Å². The van der Waals surface area contributed by atoms with Gasteiger partial charge in [-0.05, 0) is 6.92 Å². The summed E-state index contributed by atoms with van der Waals surface area (Å²) in [5.74, 6) is 0.0791. The smallest absolute Gasteiger partial charge is 0.475 e. The summed E-state index contributed by atoms with van der Waals surface area (Å²) in [7, 11) is -4.16. The summed E-state index contributed by atoms with van der Waals surface area (Å²) in [6.07, 6.45) is 1.63. The molecule has 1 aromatic rings. The van der Waals surface area contributed by atoms with Crippen LogP contribution in [0.25, 0.3) is 0 Å². The maximum atomic E-state index is 10.7. The lowest BCUT2D eigenvalue weighted by molar-refractivity contribution is -0.677. The zero-order valence-electron chi connectivity index (χ0n) is 9.62. The molecule has 0 aromatic carbocycles. The first-order valence-corrected chi connectivity index (χ1v) is 4.74. The highest BCUT2D eigenvalue weighted by molar-refractivity contribution is 6.50. The molecule has 0 spiro atoms. The minimum absolute atomic E-state index is 0.345. The third-order valence-corrected chi connectivity index (χ3v) is 2.04. The highest BCUT2D eigenvalue weighted by Crippen LogP contribution is 2.06. The fourth-order valence-electron chi connectivity index (χ4n) is 1.28. The van der Waals surface area contributed by atoms with Crippen LogP contribution in [0.5, 0.6) is 0 Å². The molecule has 0 unspecified atom stereocenters. The predicted molar refractivity (Wildman–Crippen MR) is 53.2 cm³/mol. The molecule has 17 heavy (non-hydrogen) atoms. The molecular weight excluding hydrogens is 243 g/mol. The highest BCUT2D eigenvalue weighted by Gasteiger charge is 2.21. The monoisotopic (exact) mass is 256 g/mol. The number of hydrogen-bond donors (Lipinski definition) is 1. The number of halogens is 4. The van der Waals surface area contributed by atoms with Crippen LogP contribution < -0.4 is 4.57 Å². The number of aromatic nitrogens is 2. The molecule has 1 aromatic heterocycles. The molecule has 0 aliphatic rings. The van der Waals surface area contributed by atoms with E-state index in [1.807, 2.05) is 25.5 Å². The van der Waals surface area contributed by atoms with Crippen molar-refractivity contribution in [2.45, 2.75) is 20.4 Å². The van der Waals surface area contributed by atoms with Crippen LogP contribution in [0.4, 0.5) is 17.3 Å². The highest BCUT2D eigenvalue weighted by atomic mass is 19.5. The second-order valence-corrected chi connectivity index (χ2v) is 3.22. The number of nitrogens with zero attached hydrogens (tertiary/aromatic N) is 2. The van der Waals surface area contributed by atoms with Gasteiger partial charge in [0.05, 0.1) is 13.6 Å². The summed E-state index contributed by atoms with van der Waals surface area (Å²) in [4.78, 5) is 10.7. The van der Waals surface area contributed by atoms with Gasteiger partial charge < -0.3 is 22.4 Å². The molecule has 0 saturated carbocycles. The van der Waals surface area contributed by atoms with Crippen molar-refractivity contribution in [3.05, 3.63) is 17.7 Å². The molecule has 0 aliphatic carbocycles. The van der Waals surface area contributed by atoms with Crippen LogP contribution in [0.2, 0.25) is 0 Å². The Bertz CT molecular complexity index is 397. The molecule has 0 amide bonds. The van der Waals surface area contributed by atoms with Crippen molar-refractivity contribution in [3.8, 4) is 0 Å².